The van der Waals surface area contributed by atoms with Gasteiger partial charge in [-0.15, -0.1) is 0 Å². The zero-order chi connectivity index (χ0) is 19.8. The minimum absolute atomic E-state index is 0.250. The Kier molecular flexibility index (Phi) is 6.61. The molecule has 28 heavy (non-hydrogen) atoms. The minimum atomic E-state index is -0.303. The predicted octanol–water partition coefficient (Wildman–Crippen LogP) is 0.572. The van der Waals surface area contributed by atoms with Gasteiger partial charge in [0.15, 0.2) is 0 Å². The molecule has 3 rings (SSSR count). The Morgan fingerprint density at radius 2 is 1.82 bits per heavy atom. The molecule has 1 aliphatic heterocycles. The molecule has 9 nitrogen and oxygen atoms in total. The predicted molar refractivity (Wildman–Crippen MR) is 103 cm³/mol. The number of hydrogen-bond acceptors (Lipinski definition) is 7. The molecule has 1 aliphatic rings. The molecular weight excluding hydrogens is 362 g/mol. The molecule has 0 radical (unpaired) electrons. The molecule has 1 fully saturated rings. The van der Waals surface area contributed by atoms with Gasteiger partial charge in [-0.25, -0.2) is 9.97 Å². The van der Waals surface area contributed by atoms with Gasteiger partial charge in [0.2, 0.25) is 6.41 Å². The van der Waals surface area contributed by atoms with E-state index >= 15 is 0 Å². The van der Waals surface area contributed by atoms with Gasteiger partial charge >= 0.3 is 0 Å². The first kappa shape index (κ1) is 19.4. The summed E-state index contributed by atoms with van der Waals surface area (Å²) in [4.78, 5) is 35.2. The summed E-state index contributed by atoms with van der Waals surface area (Å²) >= 11 is 0. The topological polar surface area (TPSA) is 96.9 Å². The van der Waals surface area contributed by atoms with E-state index in [4.69, 9.17) is 9.47 Å². The number of anilines is 1. The second-order valence-electron chi connectivity index (χ2n) is 6.17. The van der Waals surface area contributed by atoms with Gasteiger partial charge in [-0.3, -0.25) is 9.59 Å². The lowest BCUT2D eigenvalue weighted by Gasteiger charge is -2.33. The Morgan fingerprint density at radius 3 is 2.43 bits per heavy atom. The van der Waals surface area contributed by atoms with Gasteiger partial charge in [0.25, 0.3) is 5.91 Å². The van der Waals surface area contributed by atoms with Crippen LogP contribution in [0.5, 0.6) is 11.5 Å². The fourth-order valence-corrected chi connectivity index (χ4v) is 2.75. The van der Waals surface area contributed by atoms with Crippen molar-refractivity contribution in [2.45, 2.75) is 0 Å². The summed E-state index contributed by atoms with van der Waals surface area (Å²) in [6, 6.07) is 7.23. The number of ether oxygens (including phenoxy) is 2. The average molecular weight is 385 g/mol. The quantitative estimate of drug-likeness (QED) is 0.524. The highest BCUT2D eigenvalue weighted by Gasteiger charge is 2.17. The number of methoxy groups -OCH3 is 1. The highest BCUT2D eigenvalue weighted by atomic mass is 16.5. The molecule has 0 unspecified atom stereocenters. The van der Waals surface area contributed by atoms with Crippen molar-refractivity contribution < 1.29 is 19.1 Å². The third-order valence-corrected chi connectivity index (χ3v) is 4.37. The first-order chi connectivity index (χ1) is 13.7. The molecule has 9 heteroatoms. The molecule has 0 spiro atoms. The van der Waals surface area contributed by atoms with Crippen LogP contribution >= 0.6 is 0 Å². The third-order valence-electron chi connectivity index (χ3n) is 4.37. The summed E-state index contributed by atoms with van der Waals surface area (Å²) in [6.45, 7) is 3.39. The summed E-state index contributed by atoms with van der Waals surface area (Å²) in [6.07, 6.45) is 3.90. The van der Waals surface area contributed by atoms with E-state index in [1.807, 2.05) is 17.0 Å². The Morgan fingerprint density at radius 1 is 1.11 bits per heavy atom. The van der Waals surface area contributed by atoms with Crippen LogP contribution in [0.4, 0.5) is 5.82 Å². The van der Waals surface area contributed by atoms with Crippen LogP contribution in [0.2, 0.25) is 0 Å². The molecule has 2 amide bonds. The van der Waals surface area contributed by atoms with E-state index in [1.54, 1.807) is 30.3 Å². The number of nitrogens with one attached hydrogen (secondary N) is 1. The number of carbonyl (C=O) groups excluding carboxylic acids is 2. The summed E-state index contributed by atoms with van der Waals surface area (Å²) in [7, 11) is 1.61. The molecular formula is C19H23N5O4. The van der Waals surface area contributed by atoms with Crippen LogP contribution in [0, 0.1) is 0 Å². The standard InChI is InChI=1S/C19H23N5O4/c1-27-15-2-4-16(5-3-15)28-11-6-20-19(26)17-12-22-18(13-21-17)24-9-7-23(14-25)8-10-24/h2-5,12-14H,6-11H2,1H3,(H,20,26). The van der Waals surface area contributed by atoms with Crippen LogP contribution in [0.3, 0.4) is 0 Å². The first-order valence-corrected chi connectivity index (χ1v) is 9.01. The Labute approximate surface area is 163 Å². The van der Waals surface area contributed by atoms with Gasteiger partial charge in [-0.2, -0.15) is 0 Å². The number of benzene rings is 1. The summed E-state index contributed by atoms with van der Waals surface area (Å²) in [5.74, 6) is 1.86. The van der Waals surface area contributed by atoms with E-state index in [-0.39, 0.29) is 11.6 Å². The van der Waals surface area contributed by atoms with Gasteiger partial charge in [0.05, 0.1) is 26.0 Å². The Balaban J connectivity index is 1.42. The molecule has 148 valence electrons. The zero-order valence-electron chi connectivity index (χ0n) is 15.7. The molecule has 2 aromatic rings. The van der Waals surface area contributed by atoms with Crippen molar-refractivity contribution in [1.82, 2.24) is 20.2 Å². The molecule has 1 saturated heterocycles. The number of carbonyl (C=O) groups is 2. The van der Waals surface area contributed by atoms with Crippen molar-refractivity contribution in [1.29, 1.82) is 0 Å². The molecule has 0 aliphatic carbocycles. The van der Waals surface area contributed by atoms with Crippen molar-refractivity contribution >= 4 is 18.1 Å². The van der Waals surface area contributed by atoms with Crippen LogP contribution in [-0.4, -0.2) is 73.6 Å². The lowest BCUT2D eigenvalue weighted by Crippen LogP contribution is -2.46. The highest BCUT2D eigenvalue weighted by molar-refractivity contribution is 5.92. The van der Waals surface area contributed by atoms with Crippen molar-refractivity contribution in [3.8, 4) is 11.5 Å². The number of piperazine rings is 1. The Bertz CT molecular complexity index is 774. The summed E-state index contributed by atoms with van der Waals surface area (Å²) in [5.41, 5.74) is 0.250. The number of aromatic nitrogens is 2. The maximum absolute atomic E-state index is 12.2. The van der Waals surface area contributed by atoms with E-state index in [0.717, 1.165) is 12.2 Å². The van der Waals surface area contributed by atoms with Crippen molar-refractivity contribution in [2.75, 3.05) is 51.3 Å². The Hall–Kier alpha value is -3.36. The molecule has 2 heterocycles. The monoisotopic (exact) mass is 385 g/mol. The van der Waals surface area contributed by atoms with E-state index in [1.165, 1.54) is 6.20 Å². The number of rotatable bonds is 8. The number of hydrogen-bond donors (Lipinski definition) is 1. The van der Waals surface area contributed by atoms with Gasteiger partial charge in [0.1, 0.15) is 29.6 Å². The van der Waals surface area contributed by atoms with Gasteiger partial charge < -0.3 is 24.6 Å². The molecule has 0 atom stereocenters. The second-order valence-corrected chi connectivity index (χ2v) is 6.17. The van der Waals surface area contributed by atoms with E-state index < -0.39 is 0 Å². The molecule has 0 bridgehead atoms. The van der Waals surface area contributed by atoms with Crippen LogP contribution in [0.25, 0.3) is 0 Å². The smallest absolute Gasteiger partial charge is 0.271 e. The summed E-state index contributed by atoms with van der Waals surface area (Å²) < 4.78 is 10.7. The lowest BCUT2D eigenvalue weighted by molar-refractivity contribution is -0.118. The zero-order valence-corrected chi connectivity index (χ0v) is 15.7. The van der Waals surface area contributed by atoms with Crippen molar-refractivity contribution in [3.63, 3.8) is 0 Å². The van der Waals surface area contributed by atoms with Crippen LogP contribution < -0.4 is 19.7 Å². The largest absolute Gasteiger partial charge is 0.497 e. The van der Waals surface area contributed by atoms with Crippen molar-refractivity contribution in [2.24, 2.45) is 0 Å². The first-order valence-electron chi connectivity index (χ1n) is 9.01. The van der Waals surface area contributed by atoms with Gasteiger partial charge in [-0.05, 0) is 24.3 Å². The number of nitrogens with zero attached hydrogens (tertiary/aromatic N) is 4. The number of amides is 2. The highest BCUT2D eigenvalue weighted by Crippen LogP contribution is 2.16. The maximum Gasteiger partial charge on any atom is 0.271 e. The van der Waals surface area contributed by atoms with Crippen molar-refractivity contribution in [3.05, 3.63) is 42.4 Å². The fraction of sp³-hybridized carbons (Fsp3) is 0.368. The van der Waals surface area contributed by atoms with Crippen LogP contribution in [0.15, 0.2) is 36.7 Å². The normalized spacial score (nSPS) is 13.8. The molecule has 0 saturated carbocycles. The van der Waals surface area contributed by atoms with E-state index in [2.05, 4.69) is 15.3 Å². The minimum Gasteiger partial charge on any atom is -0.497 e. The molecule has 1 aromatic heterocycles. The fourth-order valence-electron chi connectivity index (χ4n) is 2.75. The second kappa shape index (κ2) is 9.54. The van der Waals surface area contributed by atoms with Crippen LogP contribution in [0.1, 0.15) is 10.5 Å². The van der Waals surface area contributed by atoms with Gasteiger partial charge in [0, 0.05) is 26.2 Å². The summed E-state index contributed by atoms with van der Waals surface area (Å²) in [5, 5.41) is 2.75. The lowest BCUT2D eigenvalue weighted by atomic mass is 10.3. The maximum atomic E-state index is 12.2. The van der Waals surface area contributed by atoms with E-state index in [9.17, 15) is 9.59 Å². The van der Waals surface area contributed by atoms with Gasteiger partial charge in [-0.1, -0.05) is 0 Å². The van der Waals surface area contributed by atoms with Crippen LogP contribution in [-0.2, 0) is 4.79 Å². The third kappa shape index (κ3) is 5.09. The molecule has 1 N–H and O–H groups in total. The average Bonchev–Trinajstić information content (AvgIpc) is 2.77. The van der Waals surface area contributed by atoms with E-state index in [0.29, 0.717) is 50.9 Å². The molecule has 1 aromatic carbocycles. The SMILES string of the molecule is COc1ccc(OCCNC(=O)c2cnc(N3CCN(C=O)CC3)cn2)cc1.